The van der Waals surface area contributed by atoms with Gasteiger partial charge in [-0.25, -0.2) is 29.9 Å². The van der Waals surface area contributed by atoms with E-state index in [2.05, 4.69) is 328 Å². The van der Waals surface area contributed by atoms with Gasteiger partial charge in [-0.3, -0.25) is 0 Å². The van der Waals surface area contributed by atoms with Crippen LogP contribution in [0.5, 0.6) is 0 Å². The Morgan fingerprint density at radius 3 is 0.889 bits per heavy atom. The lowest BCUT2D eigenvalue weighted by Gasteiger charge is -2.12. The van der Waals surface area contributed by atoms with Crippen molar-refractivity contribution in [2.45, 2.75) is 0 Å². The van der Waals surface area contributed by atoms with Crippen LogP contribution >= 0.6 is 22.7 Å². The van der Waals surface area contributed by atoms with E-state index in [1.54, 1.807) is 0 Å². The second-order valence-electron chi connectivity index (χ2n) is 27.2. The third-order valence-electron chi connectivity index (χ3n) is 20.6. The van der Waals surface area contributed by atoms with Gasteiger partial charge in [0.05, 0.1) is 45.2 Å². The van der Waals surface area contributed by atoms with Crippen molar-refractivity contribution in [1.82, 2.24) is 29.9 Å². The van der Waals surface area contributed by atoms with Crippen molar-refractivity contribution in [2.75, 3.05) is 0 Å². The summed E-state index contributed by atoms with van der Waals surface area (Å²) in [5.74, 6) is 1.41. The van der Waals surface area contributed by atoms with Crippen LogP contribution < -0.4 is 0 Å². The molecule has 0 saturated carbocycles. The largest absolute Gasteiger partial charge is 0.247 e. The van der Waals surface area contributed by atoms with Crippen molar-refractivity contribution in [1.29, 1.82) is 0 Å². The minimum atomic E-state index is 0.699. The van der Waals surface area contributed by atoms with Gasteiger partial charge in [0.25, 0.3) is 0 Å². The van der Waals surface area contributed by atoms with Crippen molar-refractivity contribution in [3.05, 3.63) is 376 Å². The quantitative estimate of drug-likeness (QED) is 0.128. The second kappa shape index (κ2) is 27.4. The van der Waals surface area contributed by atoms with E-state index in [0.29, 0.717) is 11.6 Å². The van der Waals surface area contributed by atoms with E-state index in [0.717, 1.165) is 118 Å². The second-order valence-corrected chi connectivity index (χ2v) is 29.3. The number of thiophene rings is 2. The highest BCUT2D eigenvalue weighted by atomic mass is 32.1. The lowest BCUT2D eigenvalue weighted by molar-refractivity contribution is 1.18. The molecule has 108 heavy (non-hydrogen) atoms. The van der Waals surface area contributed by atoms with Crippen LogP contribution in [0.4, 0.5) is 0 Å². The highest BCUT2D eigenvalue weighted by Crippen LogP contribution is 2.48. The molecule has 0 radical (unpaired) electrons. The molecule has 6 aromatic heterocycles. The molecule has 0 fully saturated rings. The van der Waals surface area contributed by atoms with Crippen molar-refractivity contribution in [3.63, 3.8) is 0 Å². The normalized spacial score (nSPS) is 11.5. The number of benzene rings is 15. The zero-order chi connectivity index (χ0) is 71.4. The predicted octanol–water partition coefficient (Wildman–Crippen LogP) is 27.4. The summed E-state index contributed by atoms with van der Waals surface area (Å²) in [5, 5.41) is 12.2. The molecule has 0 aliphatic carbocycles. The minimum absolute atomic E-state index is 0.699. The summed E-state index contributed by atoms with van der Waals surface area (Å²) in [6, 6.07) is 133. The van der Waals surface area contributed by atoms with E-state index in [9.17, 15) is 0 Å². The lowest BCUT2D eigenvalue weighted by Crippen LogP contribution is -1.96. The average Bonchev–Trinajstić information content (AvgIpc) is 1.54. The van der Waals surface area contributed by atoms with Crippen molar-refractivity contribution >= 4 is 106 Å². The number of rotatable bonds is 11. The topological polar surface area (TPSA) is 77.3 Å². The van der Waals surface area contributed by atoms with Gasteiger partial charge < -0.3 is 0 Å². The molecule has 0 N–H and O–H groups in total. The van der Waals surface area contributed by atoms with Crippen LogP contribution in [0, 0.1) is 0 Å². The molecule has 21 aromatic rings. The molecule has 0 aliphatic rings. The van der Waals surface area contributed by atoms with Gasteiger partial charge in [0, 0.05) is 95.6 Å². The molecule has 0 unspecified atom stereocenters. The van der Waals surface area contributed by atoms with Crippen LogP contribution in [-0.2, 0) is 0 Å². The number of fused-ring (bicyclic) bond motifs is 12. The fourth-order valence-corrected chi connectivity index (χ4v) is 17.7. The Morgan fingerprint density at radius 1 is 0.185 bits per heavy atom. The molecule has 6 nitrogen and oxygen atoms in total. The zero-order valence-corrected chi connectivity index (χ0v) is 59.9. The summed E-state index contributed by atoms with van der Waals surface area (Å²) in [5.41, 5.74) is 22.9. The Morgan fingerprint density at radius 2 is 0.472 bits per heavy atom. The standard InChI is InChI=1S/C53H33N3S.C47H29N3S/c1-3-12-34(13-4-1)35-24-28-40(29-25-35)53-55-46(38-15-5-2-6-16-38)33-47(56-53)39-26-22-36(23-27-39)41-30-31-44-48(32-41)54-51(43-20-11-17-37-14-7-8-18-42(37)43)50-45-19-9-10-21-49(45)57-52(44)50;1-3-13-32(14-4-1)40-29-41(50-47(49-40)34-15-5-2-6-16-34)33-24-22-30(23-25-33)35-26-27-38-42(28-35)48-45(37-20-11-17-31-12-7-8-18-36(31)37)44-39-19-9-10-21-43(39)51-46(38)44/h1-33H;1-29H. The molecule has 0 aliphatic heterocycles. The molecule has 8 heteroatoms. The van der Waals surface area contributed by atoms with E-state index in [1.165, 1.54) is 78.2 Å². The highest BCUT2D eigenvalue weighted by Gasteiger charge is 2.22. The van der Waals surface area contributed by atoms with Crippen molar-refractivity contribution in [3.8, 4) is 124 Å². The van der Waals surface area contributed by atoms with Gasteiger partial charge in [0.2, 0.25) is 0 Å². The number of nitrogens with zero attached hydrogens (tertiary/aromatic N) is 6. The molecule has 15 aromatic carbocycles. The Hall–Kier alpha value is -13.8. The first-order valence-corrected chi connectivity index (χ1v) is 37.9. The van der Waals surface area contributed by atoms with Gasteiger partial charge in [0.15, 0.2) is 11.6 Å². The predicted molar refractivity (Wildman–Crippen MR) is 455 cm³/mol. The van der Waals surface area contributed by atoms with Crippen LogP contribution in [-0.4, -0.2) is 29.9 Å². The molecule has 0 spiro atoms. The summed E-state index contributed by atoms with van der Waals surface area (Å²) < 4.78 is 5.10. The Balaban J connectivity index is 0.000000143. The van der Waals surface area contributed by atoms with Gasteiger partial charge in [-0.1, -0.05) is 340 Å². The SMILES string of the molecule is c1ccc(-c2cc(-c3ccc(-c4ccc5c(c4)nc(-c4cccc6ccccc46)c4c6ccccc6sc54)cc3)nc(-c3ccccc3)n2)cc1.c1ccc(-c2ccc(-c3nc(-c4ccccc4)cc(-c4ccc(-c5ccc6c(c5)nc(-c5cccc7ccccc57)c5c7ccccc7sc65)cc4)n3)cc2)cc1. The third-order valence-corrected chi connectivity index (χ3v) is 23.0. The van der Waals surface area contributed by atoms with E-state index in [1.807, 2.05) is 71.2 Å². The molecule has 504 valence electrons. The van der Waals surface area contributed by atoms with Crippen molar-refractivity contribution in [2.24, 2.45) is 0 Å². The smallest absolute Gasteiger partial charge is 0.160 e. The Bertz CT molecular complexity index is 6940. The molecule has 6 heterocycles. The first-order chi connectivity index (χ1) is 53.5. The fourth-order valence-electron chi connectivity index (χ4n) is 15.2. The summed E-state index contributed by atoms with van der Waals surface area (Å²) in [7, 11) is 0. The third kappa shape index (κ3) is 11.9. The Labute approximate surface area is 631 Å². The molecule has 0 amide bonds. The molecule has 0 saturated heterocycles. The van der Waals surface area contributed by atoms with E-state index in [-0.39, 0.29) is 0 Å². The number of pyridine rings is 2. The summed E-state index contributed by atoms with van der Waals surface area (Å²) in [4.78, 5) is 31.1. The first-order valence-electron chi connectivity index (χ1n) is 36.3. The van der Waals surface area contributed by atoms with Gasteiger partial charge in [-0.2, -0.15) is 0 Å². The summed E-state index contributed by atoms with van der Waals surface area (Å²) in [6.45, 7) is 0. The zero-order valence-electron chi connectivity index (χ0n) is 58.3. The molecule has 0 bridgehead atoms. The number of hydrogen-bond acceptors (Lipinski definition) is 8. The van der Waals surface area contributed by atoms with Crippen LogP contribution in [0.1, 0.15) is 0 Å². The van der Waals surface area contributed by atoms with Crippen LogP contribution in [0.25, 0.3) is 207 Å². The molecule has 0 atom stereocenters. The minimum Gasteiger partial charge on any atom is -0.247 e. The van der Waals surface area contributed by atoms with E-state index in [4.69, 9.17) is 29.9 Å². The van der Waals surface area contributed by atoms with Crippen LogP contribution in [0.2, 0.25) is 0 Å². The average molecular weight is 1410 g/mol. The van der Waals surface area contributed by atoms with E-state index < -0.39 is 0 Å². The van der Waals surface area contributed by atoms with Gasteiger partial charge >= 0.3 is 0 Å². The van der Waals surface area contributed by atoms with Gasteiger partial charge in [-0.15, -0.1) is 22.7 Å². The maximum atomic E-state index is 5.49. The highest BCUT2D eigenvalue weighted by molar-refractivity contribution is 7.27. The molecule has 21 rings (SSSR count). The monoisotopic (exact) mass is 1410 g/mol. The fraction of sp³-hybridized carbons (Fsp3) is 0. The first kappa shape index (κ1) is 63.9. The maximum Gasteiger partial charge on any atom is 0.160 e. The van der Waals surface area contributed by atoms with Crippen molar-refractivity contribution < 1.29 is 0 Å². The van der Waals surface area contributed by atoms with Crippen LogP contribution in [0.15, 0.2) is 376 Å². The van der Waals surface area contributed by atoms with Crippen LogP contribution in [0.3, 0.4) is 0 Å². The molecular formula is C100H62N6S2. The Kier molecular flexibility index (Phi) is 16.2. The molecular weight excluding hydrogens is 1350 g/mol. The maximum absolute atomic E-state index is 5.49. The number of aromatic nitrogens is 6. The van der Waals surface area contributed by atoms with E-state index >= 15 is 0 Å². The summed E-state index contributed by atoms with van der Waals surface area (Å²) >= 11 is 3.71. The lowest BCUT2D eigenvalue weighted by atomic mass is 9.96. The van der Waals surface area contributed by atoms with Gasteiger partial charge in [-0.05, 0) is 91.3 Å². The van der Waals surface area contributed by atoms with Gasteiger partial charge in [0.1, 0.15) is 0 Å². The summed E-state index contributed by atoms with van der Waals surface area (Å²) in [6.07, 6.45) is 0. The number of hydrogen-bond donors (Lipinski definition) is 0.